The van der Waals surface area contributed by atoms with Gasteiger partial charge in [0.2, 0.25) is 0 Å². The lowest BCUT2D eigenvalue weighted by atomic mass is 10.3. The first-order valence-corrected chi connectivity index (χ1v) is 9.16. The third-order valence-electron chi connectivity index (χ3n) is 3.34. The predicted molar refractivity (Wildman–Crippen MR) is 97.4 cm³/mol. The van der Waals surface area contributed by atoms with Gasteiger partial charge in [-0.25, -0.2) is 13.2 Å². The quantitative estimate of drug-likeness (QED) is 0.765. The molecule has 0 aromatic heterocycles. The molecule has 0 fully saturated rings. The van der Waals surface area contributed by atoms with Gasteiger partial charge in [0.25, 0.3) is 10.0 Å². The number of benzene rings is 2. The first-order chi connectivity index (χ1) is 12.4. The van der Waals surface area contributed by atoms with E-state index in [-0.39, 0.29) is 17.2 Å². The summed E-state index contributed by atoms with van der Waals surface area (Å²) >= 11 is 0. The summed E-state index contributed by atoms with van der Waals surface area (Å²) < 4.78 is 42.6. The van der Waals surface area contributed by atoms with Crippen LogP contribution in [0.1, 0.15) is 6.92 Å². The Balaban J connectivity index is 2.19. The fourth-order valence-corrected chi connectivity index (χ4v) is 3.16. The highest BCUT2D eigenvalue weighted by Crippen LogP contribution is 2.31. The minimum absolute atomic E-state index is 0.0322. The van der Waals surface area contributed by atoms with Crippen molar-refractivity contribution in [3.63, 3.8) is 0 Å². The normalized spacial score (nSPS) is 10.7. The van der Waals surface area contributed by atoms with E-state index in [9.17, 15) is 13.2 Å². The minimum atomic E-state index is -3.84. The molecule has 0 unspecified atom stereocenters. The molecule has 0 spiro atoms. The van der Waals surface area contributed by atoms with Crippen LogP contribution in [0, 0.1) is 0 Å². The predicted octanol–water partition coefficient (Wildman–Crippen LogP) is 3.07. The molecular formula is C17H20N2O6S. The van der Waals surface area contributed by atoms with Crippen LogP contribution in [0.15, 0.2) is 47.4 Å². The molecule has 8 nitrogen and oxygen atoms in total. The maximum atomic E-state index is 12.6. The van der Waals surface area contributed by atoms with Gasteiger partial charge in [-0.15, -0.1) is 0 Å². The van der Waals surface area contributed by atoms with Gasteiger partial charge in [0.1, 0.15) is 11.5 Å². The van der Waals surface area contributed by atoms with Crippen LogP contribution in [0.2, 0.25) is 0 Å². The van der Waals surface area contributed by atoms with E-state index in [1.54, 1.807) is 25.1 Å². The average Bonchev–Trinajstić information content (AvgIpc) is 2.62. The van der Waals surface area contributed by atoms with Gasteiger partial charge >= 0.3 is 6.09 Å². The molecule has 0 heterocycles. The molecule has 1 amide bonds. The van der Waals surface area contributed by atoms with E-state index >= 15 is 0 Å². The van der Waals surface area contributed by atoms with Crippen molar-refractivity contribution in [2.24, 2.45) is 0 Å². The van der Waals surface area contributed by atoms with Crippen molar-refractivity contribution in [1.82, 2.24) is 0 Å². The van der Waals surface area contributed by atoms with Crippen molar-refractivity contribution < 1.29 is 27.4 Å². The molecule has 2 aromatic rings. The van der Waals surface area contributed by atoms with Crippen molar-refractivity contribution in [1.29, 1.82) is 0 Å². The molecule has 26 heavy (non-hydrogen) atoms. The van der Waals surface area contributed by atoms with Gasteiger partial charge in [0.15, 0.2) is 0 Å². The number of methoxy groups -OCH3 is 2. The Morgan fingerprint density at radius 3 is 2.31 bits per heavy atom. The third kappa shape index (κ3) is 4.79. The standard InChI is InChI=1S/C17H20N2O6S/c1-4-25-17(20)18-12-5-8-14(9-6-12)26(21,22)19-15-10-7-13(23-2)11-16(15)24-3/h5-11,19H,4H2,1-3H3,(H,18,20). The minimum Gasteiger partial charge on any atom is -0.497 e. The number of ether oxygens (including phenoxy) is 3. The molecular weight excluding hydrogens is 360 g/mol. The zero-order chi connectivity index (χ0) is 19.2. The smallest absolute Gasteiger partial charge is 0.411 e. The van der Waals surface area contributed by atoms with Crippen LogP contribution < -0.4 is 19.5 Å². The lowest BCUT2D eigenvalue weighted by Crippen LogP contribution is -2.15. The molecule has 2 aromatic carbocycles. The summed E-state index contributed by atoms with van der Waals surface area (Å²) in [6, 6.07) is 10.4. The molecule has 0 aliphatic heterocycles. The zero-order valence-electron chi connectivity index (χ0n) is 14.6. The Morgan fingerprint density at radius 2 is 1.73 bits per heavy atom. The summed E-state index contributed by atoms with van der Waals surface area (Å²) in [6.07, 6.45) is -0.607. The van der Waals surface area contributed by atoms with Crippen LogP contribution >= 0.6 is 0 Å². The second-order valence-electron chi connectivity index (χ2n) is 5.04. The van der Waals surface area contributed by atoms with Gasteiger partial charge in [-0.3, -0.25) is 10.0 Å². The van der Waals surface area contributed by atoms with Crippen LogP contribution in [0.25, 0.3) is 0 Å². The molecule has 140 valence electrons. The monoisotopic (exact) mass is 380 g/mol. The highest BCUT2D eigenvalue weighted by atomic mass is 32.2. The second-order valence-corrected chi connectivity index (χ2v) is 6.72. The molecule has 0 radical (unpaired) electrons. The van der Waals surface area contributed by atoms with Gasteiger partial charge in [-0.1, -0.05) is 0 Å². The van der Waals surface area contributed by atoms with E-state index < -0.39 is 16.1 Å². The van der Waals surface area contributed by atoms with Crippen molar-refractivity contribution in [3.05, 3.63) is 42.5 Å². The van der Waals surface area contributed by atoms with Gasteiger partial charge in [0.05, 0.1) is 31.4 Å². The Morgan fingerprint density at radius 1 is 1.04 bits per heavy atom. The fraction of sp³-hybridized carbons (Fsp3) is 0.235. The largest absolute Gasteiger partial charge is 0.497 e. The van der Waals surface area contributed by atoms with E-state index in [4.69, 9.17) is 14.2 Å². The molecule has 2 N–H and O–H groups in total. The number of rotatable bonds is 7. The molecule has 0 aliphatic carbocycles. The topological polar surface area (TPSA) is 103 Å². The number of carbonyl (C=O) groups is 1. The summed E-state index contributed by atoms with van der Waals surface area (Å²) in [4.78, 5) is 11.4. The number of carbonyl (C=O) groups excluding carboxylic acids is 1. The van der Waals surface area contributed by atoms with Gasteiger partial charge in [-0.2, -0.15) is 0 Å². The van der Waals surface area contributed by atoms with Crippen LogP contribution in [-0.2, 0) is 14.8 Å². The number of hydrogen-bond acceptors (Lipinski definition) is 6. The van der Waals surface area contributed by atoms with Crippen molar-refractivity contribution >= 4 is 27.5 Å². The summed E-state index contributed by atoms with van der Waals surface area (Å²) in [6.45, 7) is 1.93. The van der Waals surface area contributed by atoms with Gasteiger partial charge < -0.3 is 14.2 Å². The van der Waals surface area contributed by atoms with E-state index in [0.29, 0.717) is 17.2 Å². The number of nitrogens with one attached hydrogen (secondary N) is 2. The number of sulfonamides is 1. The highest BCUT2D eigenvalue weighted by molar-refractivity contribution is 7.92. The summed E-state index contributed by atoms with van der Waals surface area (Å²) in [7, 11) is -0.898. The number of amides is 1. The molecule has 0 aliphatic rings. The summed E-state index contributed by atoms with van der Waals surface area (Å²) in [5.41, 5.74) is 0.700. The Bertz CT molecular complexity index is 865. The van der Waals surface area contributed by atoms with E-state index in [2.05, 4.69) is 10.0 Å². The zero-order valence-corrected chi connectivity index (χ0v) is 15.4. The lowest BCUT2D eigenvalue weighted by Gasteiger charge is -2.13. The van der Waals surface area contributed by atoms with Gasteiger partial charge in [-0.05, 0) is 43.3 Å². The molecule has 2 rings (SSSR count). The Kier molecular flexibility index (Phi) is 6.29. The number of anilines is 2. The van der Waals surface area contributed by atoms with Crippen LogP contribution in [0.3, 0.4) is 0 Å². The van der Waals surface area contributed by atoms with Crippen molar-refractivity contribution in [3.8, 4) is 11.5 Å². The maximum Gasteiger partial charge on any atom is 0.411 e. The molecule has 0 saturated heterocycles. The van der Waals surface area contributed by atoms with Gasteiger partial charge in [0, 0.05) is 11.8 Å². The lowest BCUT2D eigenvalue weighted by molar-refractivity contribution is 0.168. The fourth-order valence-electron chi connectivity index (χ4n) is 2.09. The summed E-state index contributed by atoms with van der Waals surface area (Å²) in [5, 5.41) is 2.49. The van der Waals surface area contributed by atoms with Crippen LogP contribution in [-0.4, -0.2) is 35.3 Å². The van der Waals surface area contributed by atoms with Crippen molar-refractivity contribution in [2.45, 2.75) is 11.8 Å². The van der Waals surface area contributed by atoms with Crippen LogP contribution in [0.5, 0.6) is 11.5 Å². The highest BCUT2D eigenvalue weighted by Gasteiger charge is 2.17. The molecule has 0 atom stereocenters. The van der Waals surface area contributed by atoms with E-state index in [1.165, 1.54) is 38.5 Å². The number of hydrogen-bond donors (Lipinski definition) is 2. The summed E-state index contributed by atoms with van der Waals surface area (Å²) in [5.74, 6) is 0.868. The second kappa shape index (κ2) is 8.43. The van der Waals surface area contributed by atoms with E-state index in [0.717, 1.165) is 0 Å². The molecule has 0 bridgehead atoms. The maximum absolute atomic E-state index is 12.6. The van der Waals surface area contributed by atoms with Crippen LogP contribution in [0.4, 0.5) is 16.2 Å². The average molecular weight is 380 g/mol. The Hall–Kier alpha value is -2.94. The Labute approximate surface area is 152 Å². The molecule has 9 heteroatoms. The first-order valence-electron chi connectivity index (χ1n) is 7.68. The SMILES string of the molecule is CCOC(=O)Nc1ccc(S(=O)(=O)Nc2ccc(OC)cc2OC)cc1. The first kappa shape index (κ1) is 19.4. The van der Waals surface area contributed by atoms with Crippen molar-refractivity contribution in [2.75, 3.05) is 30.9 Å². The molecule has 0 saturated carbocycles. The third-order valence-corrected chi connectivity index (χ3v) is 4.72. The van der Waals surface area contributed by atoms with E-state index in [1.807, 2.05) is 0 Å².